The van der Waals surface area contributed by atoms with Gasteiger partial charge >= 0.3 is 5.97 Å². The highest BCUT2D eigenvalue weighted by Gasteiger charge is 2.30. The van der Waals surface area contributed by atoms with Gasteiger partial charge in [0.25, 0.3) is 11.8 Å². The number of benzene rings is 1. The van der Waals surface area contributed by atoms with E-state index in [9.17, 15) is 14.4 Å². The molecule has 0 spiro atoms. The Hall–Kier alpha value is -3.95. The van der Waals surface area contributed by atoms with Crippen LogP contribution < -0.4 is 10.6 Å². The van der Waals surface area contributed by atoms with E-state index in [-0.39, 0.29) is 36.1 Å². The first kappa shape index (κ1) is 25.2. The van der Waals surface area contributed by atoms with E-state index in [4.69, 9.17) is 9.15 Å². The van der Waals surface area contributed by atoms with Crippen LogP contribution in [0.1, 0.15) is 61.6 Å². The van der Waals surface area contributed by atoms with Gasteiger partial charge in [-0.1, -0.05) is 26.0 Å². The van der Waals surface area contributed by atoms with Gasteiger partial charge in [-0.15, -0.1) is 0 Å². The molecule has 3 N–H and O–H groups in total. The number of hydrogen-bond acceptors (Lipinski definition) is 7. The van der Waals surface area contributed by atoms with Gasteiger partial charge in [0.15, 0.2) is 0 Å². The predicted molar refractivity (Wildman–Crippen MR) is 132 cm³/mol. The summed E-state index contributed by atoms with van der Waals surface area (Å²) >= 11 is 0. The van der Waals surface area contributed by atoms with Crippen LogP contribution in [0, 0.1) is 11.8 Å². The first-order chi connectivity index (χ1) is 17.3. The number of aromatic amines is 1. The number of rotatable bonds is 10. The molecule has 0 aliphatic heterocycles. The molecule has 1 aliphatic rings. The highest BCUT2D eigenvalue weighted by molar-refractivity contribution is 5.95. The molecule has 3 aromatic rings. The van der Waals surface area contributed by atoms with E-state index in [1.165, 1.54) is 6.20 Å². The highest BCUT2D eigenvalue weighted by Crippen LogP contribution is 2.32. The molecule has 2 heterocycles. The monoisotopic (exact) mass is 493 g/mol. The molecule has 1 saturated carbocycles. The van der Waals surface area contributed by atoms with Gasteiger partial charge in [-0.3, -0.25) is 14.7 Å². The minimum Gasteiger partial charge on any atom is -0.464 e. The molecule has 10 nitrogen and oxygen atoms in total. The smallest absolute Gasteiger partial charge is 0.328 e. The van der Waals surface area contributed by atoms with E-state index in [1.54, 1.807) is 19.1 Å². The van der Waals surface area contributed by atoms with Crippen LogP contribution in [0.5, 0.6) is 0 Å². The number of nitrogens with one attached hydrogen (secondary N) is 3. The van der Waals surface area contributed by atoms with Gasteiger partial charge < -0.3 is 19.8 Å². The first-order valence-corrected chi connectivity index (χ1v) is 12.2. The summed E-state index contributed by atoms with van der Waals surface area (Å²) in [6, 6.07) is 8.32. The number of carbonyl (C=O) groups excluding carboxylic acids is 3. The number of nitrogens with zero attached hydrogens (tertiary/aromatic N) is 2. The van der Waals surface area contributed by atoms with Crippen molar-refractivity contribution in [1.82, 2.24) is 25.8 Å². The molecule has 1 fully saturated rings. The van der Waals surface area contributed by atoms with Crippen molar-refractivity contribution in [2.75, 3.05) is 6.61 Å². The Morgan fingerprint density at radius 2 is 1.86 bits per heavy atom. The minimum absolute atomic E-state index is 0.0196. The number of aromatic nitrogens is 3. The molecular formula is C26H31N5O5. The number of oxazole rings is 1. The molecule has 2 aromatic heterocycles. The topological polar surface area (TPSA) is 139 Å². The molecule has 1 unspecified atom stereocenters. The van der Waals surface area contributed by atoms with Crippen LogP contribution in [0.15, 0.2) is 40.9 Å². The normalized spacial score (nSPS) is 14.8. The largest absolute Gasteiger partial charge is 0.464 e. The Balaban J connectivity index is 1.46. The molecule has 0 saturated heterocycles. The number of amides is 2. The average Bonchev–Trinajstić information content (AvgIpc) is 3.38. The van der Waals surface area contributed by atoms with E-state index in [0.29, 0.717) is 22.9 Å². The van der Waals surface area contributed by atoms with E-state index in [0.717, 1.165) is 18.4 Å². The Labute approximate surface area is 209 Å². The Kier molecular flexibility index (Phi) is 7.52. The summed E-state index contributed by atoms with van der Waals surface area (Å²) in [7, 11) is 0. The molecule has 2 amide bonds. The van der Waals surface area contributed by atoms with Crippen molar-refractivity contribution in [1.29, 1.82) is 0 Å². The summed E-state index contributed by atoms with van der Waals surface area (Å²) in [6.07, 6.45) is 3.62. The summed E-state index contributed by atoms with van der Waals surface area (Å²) in [5.74, 6) is -0.621. The van der Waals surface area contributed by atoms with Gasteiger partial charge in [0.1, 0.15) is 11.7 Å². The van der Waals surface area contributed by atoms with Crippen molar-refractivity contribution in [3.63, 3.8) is 0 Å². The Bertz CT molecular complexity index is 1240. The second kappa shape index (κ2) is 10.8. The van der Waals surface area contributed by atoms with E-state index >= 15 is 0 Å². The van der Waals surface area contributed by atoms with Crippen molar-refractivity contribution in [2.24, 2.45) is 11.8 Å². The van der Waals surface area contributed by atoms with Crippen molar-refractivity contribution in [3.8, 4) is 22.7 Å². The molecule has 36 heavy (non-hydrogen) atoms. The van der Waals surface area contributed by atoms with Gasteiger partial charge in [0.2, 0.25) is 11.7 Å². The average molecular weight is 494 g/mol. The third-order valence-electron chi connectivity index (χ3n) is 6.14. The molecule has 190 valence electrons. The second-order valence-corrected chi connectivity index (χ2v) is 9.32. The zero-order valence-electron chi connectivity index (χ0n) is 20.8. The molecule has 0 radical (unpaired) electrons. The molecular weight excluding hydrogens is 462 g/mol. The van der Waals surface area contributed by atoms with Crippen molar-refractivity contribution < 1.29 is 23.5 Å². The molecule has 1 aliphatic carbocycles. The van der Waals surface area contributed by atoms with Crippen LogP contribution in [0.4, 0.5) is 0 Å². The van der Waals surface area contributed by atoms with Gasteiger partial charge in [0.05, 0.1) is 18.5 Å². The number of H-pyrrole nitrogens is 1. The maximum Gasteiger partial charge on any atom is 0.328 e. The lowest BCUT2D eigenvalue weighted by atomic mass is 10.0. The standard InChI is InChI=1S/C26H31N5O5/c1-5-35-26(34)22(14(2)3)29-24(33)21-13-27-25(36-21)18-8-6-7-17(11-18)19-12-20(31-30-19)23(32)28-15(4)16-9-10-16/h6-8,11-16,22H,5,9-10H2,1-4H3,(H,28,32)(H,29,33)(H,30,31)/t15-,22?/m0/s1. The lowest BCUT2D eigenvalue weighted by Gasteiger charge is -2.19. The SMILES string of the molecule is CCOC(=O)C(NC(=O)c1cnc(-c2cccc(-c3cc(C(=O)N[C@@H](C)C4CC4)[nH]n3)c2)o1)C(C)C. The zero-order valence-corrected chi connectivity index (χ0v) is 20.8. The first-order valence-electron chi connectivity index (χ1n) is 12.2. The fraction of sp³-hybridized carbons (Fsp3) is 0.423. The third kappa shape index (κ3) is 5.81. The number of carbonyl (C=O) groups is 3. The zero-order chi connectivity index (χ0) is 25.8. The summed E-state index contributed by atoms with van der Waals surface area (Å²) in [5, 5.41) is 12.7. The Morgan fingerprint density at radius 3 is 2.56 bits per heavy atom. The molecule has 2 atom stereocenters. The van der Waals surface area contributed by atoms with Crippen LogP contribution in [0.3, 0.4) is 0 Å². The number of ether oxygens (including phenoxy) is 1. The van der Waals surface area contributed by atoms with Gasteiger partial charge in [0, 0.05) is 17.2 Å². The molecule has 10 heteroatoms. The van der Waals surface area contributed by atoms with Gasteiger partial charge in [-0.25, -0.2) is 9.78 Å². The van der Waals surface area contributed by atoms with Crippen LogP contribution in [-0.2, 0) is 9.53 Å². The highest BCUT2D eigenvalue weighted by atomic mass is 16.5. The molecule has 1 aromatic carbocycles. The van der Waals surface area contributed by atoms with E-state index in [1.807, 2.05) is 39.0 Å². The third-order valence-corrected chi connectivity index (χ3v) is 6.14. The maximum atomic E-state index is 12.7. The predicted octanol–water partition coefficient (Wildman–Crippen LogP) is 3.58. The fourth-order valence-electron chi connectivity index (χ4n) is 3.85. The van der Waals surface area contributed by atoms with Gasteiger partial charge in [-0.05, 0) is 56.7 Å². The molecule has 0 bridgehead atoms. The lowest BCUT2D eigenvalue weighted by Crippen LogP contribution is -2.45. The Morgan fingerprint density at radius 1 is 1.11 bits per heavy atom. The van der Waals surface area contributed by atoms with Crippen molar-refractivity contribution in [3.05, 3.63) is 48.0 Å². The quantitative estimate of drug-likeness (QED) is 0.367. The van der Waals surface area contributed by atoms with Crippen LogP contribution in [-0.4, -0.2) is 51.7 Å². The van der Waals surface area contributed by atoms with Crippen molar-refractivity contribution >= 4 is 17.8 Å². The summed E-state index contributed by atoms with van der Waals surface area (Å²) in [4.78, 5) is 41.6. The van der Waals surface area contributed by atoms with Crippen LogP contribution in [0.25, 0.3) is 22.7 Å². The van der Waals surface area contributed by atoms with Gasteiger partial charge in [-0.2, -0.15) is 5.10 Å². The summed E-state index contributed by atoms with van der Waals surface area (Å²) in [6.45, 7) is 7.58. The molecule has 4 rings (SSSR count). The number of esters is 1. The van der Waals surface area contributed by atoms with E-state index in [2.05, 4.69) is 25.8 Å². The second-order valence-electron chi connectivity index (χ2n) is 9.32. The van der Waals surface area contributed by atoms with Crippen molar-refractivity contribution in [2.45, 2.75) is 52.6 Å². The fourth-order valence-corrected chi connectivity index (χ4v) is 3.85. The summed E-state index contributed by atoms with van der Waals surface area (Å²) < 4.78 is 10.7. The van der Waals surface area contributed by atoms with E-state index < -0.39 is 17.9 Å². The maximum absolute atomic E-state index is 12.7. The number of hydrogen-bond donors (Lipinski definition) is 3. The summed E-state index contributed by atoms with van der Waals surface area (Å²) in [5.41, 5.74) is 2.37. The van der Waals surface area contributed by atoms with Crippen LogP contribution >= 0.6 is 0 Å². The minimum atomic E-state index is -0.798. The lowest BCUT2D eigenvalue weighted by molar-refractivity contribution is -0.146. The van der Waals surface area contributed by atoms with Crippen LogP contribution in [0.2, 0.25) is 0 Å².